The van der Waals surface area contributed by atoms with Crippen molar-refractivity contribution in [2.24, 2.45) is 5.41 Å². The number of nitrogens with zero attached hydrogens (tertiary/aromatic N) is 4. The second kappa shape index (κ2) is 7.58. The molecule has 5 heteroatoms. The van der Waals surface area contributed by atoms with Crippen molar-refractivity contribution in [1.82, 2.24) is 14.7 Å². The predicted octanol–water partition coefficient (Wildman–Crippen LogP) is 2.25. The molecule has 0 aliphatic heterocycles. The second-order valence-corrected chi connectivity index (χ2v) is 6.78. The SMILES string of the molecule is Cc1nn(CCO)c(C)c1CN(CCC#N)CC(C)(C)C. The molecular formula is C16H28N4O. The van der Waals surface area contributed by atoms with E-state index in [2.05, 4.69) is 36.8 Å². The number of aromatic nitrogens is 2. The van der Waals surface area contributed by atoms with Crippen LogP contribution in [0.2, 0.25) is 0 Å². The van der Waals surface area contributed by atoms with E-state index >= 15 is 0 Å². The van der Waals surface area contributed by atoms with Crippen LogP contribution in [-0.4, -0.2) is 39.5 Å². The van der Waals surface area contributed by atoms with Crippen LogP contribution >= 0.6 is 0 Å². The molecule has 0 unspecified atom stereocenters. The summed E-state index contributed by atoms with van der Waals surface area (Å²) in [5.74, 6) is 0. The Morgan fingerprint density at radius 1 is 1.33 bits per heavy atom. The van der Waals surface area contributed by atoms with Gasteiger partial charge in [0.2, 0.25) is 0 Å². The van der Waals surface area contributed by atoms with Gasteiger partial charge in [0.15, 0.2) is 0 Å². The highest BCUT2D eigenvalue weighted by molar-refractivity contribution is 5.24. The van der Waals surface area contributed by atoms with E-state index < -0.39 is 0 Å². The van der Waals surface area contributed by atoms with Crippen LogP contribution in [0.5, 0.6) is 0 Å². The normalized spacial score (nSPS) is 11.9. The van der Waals surface area contributed by atoms with E-state index in [-0.39, 0.29) is 12.0 Å². The lowest BCUT2D eigenvalue weighted by Gasteiger charge is -2.29. The van der Waals surface area contributed by atoms with Crippen LogP contribution in [0.1, 0.15) is 44.1 Å². The minimum Gasteiger partial charge on any atom is -0.394 e. The van der Waals surface area contributed by atoms with Crippen LogP contribution in [0.4, 0.5) is 0 Å². The van der Waals surface area contributed by atoms with Crippen molar-refractivity contribution in [3.05, 3.63) is 17.0 Å². The van der Waals surface area contributed by atoms with E-state index in [4.69, 9.17) is 10.4 Å². The fourth-order valence-corrected chi connectivity index (χ4v) is 2.59. The number of aryl methyl sites for hydroxylation is 1. The number of hydrogen-bond acceptors (Lipinski definition) is 4. The minimum atomic E-state index is 0.0987. The summed E-state index contributed by atoms with van der Waals surface area (Å²) in [7, 11) is 0. The maximum Gasteiger partial charge on any atom is 0.0644 e. The van der Waals surface area contributed by atoms with Crippen molar-refractivity contribution in [2.75, 3.05) is 19.7 Å². The Bertz CT molecular complexity index is 494. The molecule has 1 aromatic heterocycles. The zero-order valence-electron chi connectivity index (χ0n) is 14.0. The highest BCUT2D eigenvalue weighted by Gasteiger charge is 2.19. The third-order valence-corrected chi connectivity index (χ3v) is 3.46. The minimum absolute atomic E-state index is 0.0987. The Morgan fingerprint density at radius 2 is 2.00 bits per heavy atom. The first-order valence-corrected chi connectivity index (χ1v) is 7.51. The Balaban J connectivity index is 2.90. The van der Waals surface area contributed by atoms with Gasteiger partial charge in [-0.2, -0.15) is 10.4 Å². The summed E-state index contributed by atoms with van der Waals surface area (Å²) < 4.78 is 1.87. The molecule has 1 aromatic rings. The van der Waals surface area contributed by atoms with Crippen molar-refractivity contribution < 1.29 is 5.11 Å². The molecule has 0 saturated carbocycles. The Kier molecular flexibility index (Phi) is 6.38. The van der Waals surface area contributed by atoms with E-state index in [1.54, 1.807) is 0 Å². The van der Waals surface area contributed by atoms with E-state index in [0.717, 1.165) is 31.0 Å². The molecule has 0 aromatic carbocycles. The van der Waals surface area contributed by atoms with E-state index in [1.165, 1.54) is 5.56 Å². The molecule has 1 rings (SSSR count). The molecule has 0 spiro atoms. The Hall–Kier alpha value is -1.38. The summed E-state index contributed by atoms with van der Waals surface area (Å²) >= 11 is 0. The van der Waals surface area contributed by atoms with Gasteiger partial charge in [-0.15, -0.1) is 0 Å². The molecule has 0 aliphatic carbocycles. The first-order valence-electron chi connectivity index (χ1n) is 7.51. The van der Waals surface area contributed by atoms with E-state index in [1.807, 2.05) is 18.5 Å². The largest absolute Gasteiger partial charge is 0.394 e. The first-order chi connectivity index (χ1) is 9.78. The number of aliphatic hydroxyl groups is 1. The van der Waals surface area contributed by atoms with Crippen LogP contribution in [0.3, 0.4) is 0 Å². The molecule has 1 heterocycles. The van der Waals surface area contributed by atoms with Gasteiger partial charge in [0, 0.05) is 37.3 Å². The first kappa shape index (κ1) is 17.7. The molecule has 0 aliphatic rings. The van der Waals surface area contributed by atoms with Gasteiger partial charge in [0.25, 0.3) is 0 Å². The van der Waals surface area contributed by atoms with E-state index in [9.17, 15) is 0 Å². The third kappa shape index (κ3) is 5.49. The van der Waals surface area contributed by atoms with Crippen LogP contribution in [0, 0.1) is 30.6 Å². The van der Waals surface area contributed by atoms with Crippen molar-refractivity contribution >= 4 is 0 Å². The van der Waals surface area contributed by atoms with Gasteiger partial charge in [-0.3, -0.25) is 9.58 Å². The molecule has 0 atom stereocenters. The zero-order valence-corrected chi connectivity index (χ0v) is 14.0. The van der Waals surface area contributed by atoms with Crippen molar-refractivity contribution in [3.63, 3.8) is 0 Å². The highest BCUT2D eigenvalue weighted by Crippen LogP contribution is 2.20. The summed E-state index contributed by atoms with van der Waals surface area (Å²) in [5.41, 5.74) is 3.53. The van der Waals surface area contributed by atoms with Gasteiger partial charge >= 0.3 is 0 Å². The molecule has 5 nitrogen and oxygen atoms in total. The van der Waals surface area contributed by atoms with Crippen LogP contribution < -0.4 is 0 Å². The predicted molar refractivity (Wildman–Crippen MR) is 83.7 cm³/mol. The van der Waals surface area contributed by atoms with Gasteiger partial charge in [-0.1, -0.05) is 20.8 Å². The van der Waals surface area contributed by atoms with Gasteiger partial charge in [0.05, 0.1) is 24.9 Å². The molecule has 0 amide bonds. The maximum absolute atomic E-state index is 9.09. The highest BCUT2D eigenvalue weighted by atomic mass is 16.3. The number of aliphatic hydroxyl groups excluding tert-OH is 1. The fraction of sp³-hybridized carbons (Fsp3) is 0.750. The van der Waals surface area contributed by atoms with E-state index in [0.29, 0.717) is 13.0 Å². The summed E-state index contributed by atoms with van der Waals surface area (Å²) in [4.78, 5) is 2.32. The molecule has 21 heavy (non-hydrogen) atoms. The van der Waals surface area contributed by atoms with Crippen molar-refractivity contribution in [1.29, 1.82) is 5.26 Å². The standard InChI is InChI=1S/C16H28N4O/c1-13-15(14(2)20(18-13)9-10-21)11-19(8-6-7-17)12-16(3,4)5/h21H,6,8-12H2,1-5H3. The van der Waals surface area contributed by atoms with Crippen LogP contribution in [0.15, 0.2) is 0 Å². The Morgan fingerprint density at radius 3 is 2.52 bits per heavy atom. The molecule has 1 N–H and O–H groups in total. The molecule has 0 radical (unpaired) electrons. The van der Waals surface area contributed by atoms with Crippen molar-refractivity contribution in [3.8, 4) is 6.07 Å². The van der Waals surface area contributed by atoms with Gasteiger partial charge < -0.3 is 5.11 Å². The third-order valence-electron chi connectivity index (χ3n) is 3.46. The lowest BCUT2D eigenvalue weighted by atomic mass is 9.95. The number of rotatable bonds is 7. The molecular weight excluding hydrogens is 264 g/mol. The topological polar surface area (TPSA) is 65.1 Å². The molecule has 0 bridgehead atoms. The van der Waals surface area contributed by atoms with Crippen LogP contribution in [-0.2, 0) is 13.1 Å². The van der Waals surface area contributed by atoms with Crippen LogP contribution in [0.25, 0.3) is 0 Å². The van der Waals surface area contributed by atoms with Gasteiger partial charge in [-0.25, -0.2) is 0 Å². The lowest BCUT2D eigenvalue weighted by Crippen LogP contribution is -2.33. The number of hydrogen-bond donors (Lipinski definition) is 1. The lowest BCUT2D eigenvalue weighted by molar-refractivity contribution is 0.186. The maximum atomic E-state index is 9.09. The monoisotopic (exact) mass is 292 g/mol. The number of nitriles is 1. The summed E-state index contributed by atoms with van der Waals surface area (Å²) in [6.45, 7) is 13.8. The summed E-state index contributed by atoms with van der Waals surface area (Å²) in [6.07, 6.45) is 0.541. The second-order valence-electron chi connectivity index (χ2n) is 6.78. The molecule has 0 saturated heterocycles. The Labute approximate surface area is 128 Å². The molecule has 118 valence electrons. The van der Waals surface area contributed by atoms with Gasteiger partial charge in [0.1, 0.15) is 0 Å². The van der Waals surface area contributed by atoms with Gasteiger partial charge in [-0.05, 0) is 19.3 Å². The average Bonchev–Trinajstić information content (AvgIpc) is 2.62. The summed E-state index contributed by atoms with van der Waals surface area (Å²) in [5, 5.41) is 22.4. The zero-order chi connectivity index (χ0) is 16.0. The quantitative estimate of drug-likeness (QED) is 0.837. The summed E-state index contributed by atoms with van der Waals surface area (Å²) in [6, 6.07) is 2.23. The smallest absolute Gasteiger partial charge is 0.0644 e. The van der Waals surface area contributed by atoms with Crippen molar-refractivity contribution in [2.45, 2.75) is 54.1 Å². The average molecular weight is 292 g/mol. The fourth-order valence-electron chi connectivity index (χ4n) is 2.59. The molecule has 0 fully saturated rings.